The average molecular weight is 486 g/mol. The summed E-state index contributed by atoms with van der Waals surface area (Å²) in [7, 11) is 3.32. The summed E-state index contributed by atoms with van der Waals surface area (Å²) >= 11 is 0. The van der Waals surface area contributed by atoms with Gasteiger partial charge in [-0.1, -0.05) is 6.07 Å². The number of nitrogens with zero attached hydrogens (tertiary/aromatic N) is 6. The Kier molecular flexibility index (Phi) is 6.87. The molecule has 0 saturated carbocycles. The Balaban J connectivity index is 1.73. The molecule has 0 spiro atoms. The van der Waals surface area contributed by atoms with Gasteiger partial charge in [0, 0.05) is 25.4 Å². The zero-order valence-corrected chi connectivity index (χ0v) is 19.9. The van der Waals surface area contributed by atoms with E-state index < -0.39 is 16.8 Å². The van der Waals surface area contributed by atoms with Crippen molar-refractivity contribution in [2.24, 2.45) is 7.05 Å². The summed E-state index contributed by atoms with van der Waals surface area (Å²) in [5, 5.41) is 12.6. The van der Waals surface area contributed by atoms with E-state index in [9.17, 15) is 8.60 Å². The molecule has 178 valence electrons. The quantitative estimate of drug-likeness (QED) is 0.388. The molecule has 12 heteroatoms. The fraction of sp³-hybridized carbons (Fsp3) is 0.273. The van der Waals surface area contributed by atoms with Crippen LogP contribution in [-0.2, 0) is 24.5 Å². The summed E-state index contributed by atoms with van der Waals surface area (Å²) in [4.78, 5) is 4.05. The Bertz CT molecular complexity index is 1280. The van der Waals surface area contributed by atoms with Crippen LogP contribution in [0.2, 0.25) is 0 Å². The van der Waals surface area contributed by atoms with Crippen LogP contribution in [0.4, 0.5) is 10.3 Å². The number of pyridine rings is 1. The van der Waals surface area contributed by atoms with E-state index in [1.807, 2.05) is 0 Å². The first-order chi connectivity index (χ1) is 16.4. The number of aryl methyl sites for hydroxylation is 1. The number of halogens is 1. The molecule has 2 atom stereocenters. The Morgan fingerprint density at radius 1 is 1.12 bits per heavy atom. The molecular formula is C22H24FN7O3S. The minimum atomic E-state index is -1.57. The average Bonchev–Trinajstić information content (AvgIpc) is 3.45. The van der Waals surface area contributed by atoms with Gasteiger partial charge in [-0.05, 0) is 37.3 Å². The van der Waals surface area contributed by atoms with Crippen molar-refractivity contribution >= 4 is 16.9 Å². The molecule has 4 rings (SSSR count). The van der Waals surface area contributed by atoms with Gasteiger partial charge in [0.05, 0.1) is 25.7 Å². The molecule has 0 bridgehead atoms. The maximum Gasteiger partial charge on any atom is 0.241 e. The maximum absolute atomic E-state index is 13.2. The number of benzene rings is 1. The topological polar surface area (TPSA) is 109 Å². The normalized spacial score (nSPS) is 12.9. The Labute approximate surface area is 198 Å². The van der Waals surface area contributed by atoms with Gasteiger partial charge in [-0.25, -0.2) is 8.60 Å². The maximum atomic E-state index is 13.2. The molecule has 0 radical (unpaired) electrons. The summed E-state index contributed by atoms with van der Waals surface area (Å²) in [6, 6.07) is 10.1. The summed E-state index contributed by atoms with van der Waals surface area (Å²) < 4.78 is 43.8. The molecular weight excluding hydrogens is 461 g/mol. The third kappa shape index (κ3) is 4.76. The van der Waals surface area contributed by atoms with Crippen LogP contribution in [0.15, 0.2) is 48.8 Å². The molecule has 3 aromatic heterocycles. The van der Waals surface area contributed by atoms with Gasteiger partial charge in [-0.2, -0.15) is 5.10 Å². The van der Waals surface area contributed by atoms with Gasteiger partial charge in [0.2, 0.25) is 5.95 Å². The monoisotopic (exact) mass is 485 g/mol. The highest BCUT2D eigenvalue weighted by molar-refractivity contribution is 7.86. The molecule has 1 aromatic carbocycles. The Morgan fingerprint density at radius 2 is 1.85 bits per heavy atom. The highest BCUT2D eigenvalue weighted by Gasteiger charge is 2.25. The van der Waals surface area contributed by atoms with E-state index in [1.54, 1.807) is 74.0 Å². The van der Waals surface area contributed by atoms with Gasteiger partial charge in [-0.3, -0.25) is 19.0 Å². The van der Waals surface area contributed by atoms with Crippen LogP contribution >= 0.6 is 0 Å². The lowest BCUT2D eigenvalue weighted by Gasteiger charge is -2.18. The Hall–Kier alpha value is -3.80. The van der Waals surface area contributed by atoms with Gasteiger partial charge in [0.25, 0.3) is 0 Å². The molecule has 0 aliphatic heterocycles. The number of anilines is 1. The van der Waals surface area contributed by atoms with E-state index in [0.717, 1.165) is 6.20 Å². The first-order valence-electron chi connectivity index (χ1n) is 10.4. The van der Waals surface area contributed by atoms with E-state index in [0.29, 0.717) is 40.8 Å². The van der Waals surface area contributed by atoms with E-state index >= 15 is 0 Å². The van der Waals surface area contributed by atoms with E-state index in [1.165, 1.54) is 6.07 Å². The minimum absolute atomic E-state index is 0.223. The minimum Gasteiger partial charge on any atom is -0.494 e. The fourth-order valence-corrected chi connectivity index (χ4v) is 4.24. The lowest BCUT2D eigenvalue weighted by molar-refractivity contribution is 0.391. The van der Waals surface area contributed by atoms with Crippen LogP contribution in [0.25, 0.3) is 17.2 Å². The van der Waals surface area contributed by atoms with Crippen LogP contribution in [0.5, 0.6) is 11.5 Å². The number of aromatic nitrogens is 6. The van der Waals surface area contributed by atoms with Gasteiger partial charge in [-0.15, -0.1) is 10.2 Å². The molecule has 0 aliphatic carbocycles. The molecule has 0 aliphatic rings. The van der Waals surface area contributed by atoms with Crippen molar-refractivity contribution in [2.45, 2.75) is 18.6 Å². The first-order valence-corrected chi connectivity index (χ1v) is 11.6. The zero-order valence-electron chi connectivity index (χ0n) is 19.1. The molecule has 2 unspecified atom stereocenters. The first kappa shape index (κ1) is 23.4. The highest BCUT2D eigenvalue weighted by Crippen LogP contribution is 2.37. The van der Waals surface area contributed by atoms with Crippen molar-refractivity contribution < 1.29 is 18.1 Å². The van der Waals surface area contributed by atoms with Crippen molar-refractivity contribution in [3.05, 3.63) is 60.3 Å². The summed E-state index contributed by atoms with van der Waals surface area (Å²) in [6.45, 7) is 1.80. The van der Waals surface area contributed by atoms with Gasteiger partial charge in [0.15, 0.2) is 5.82 Å². The number of hydrogen-bond acceptors (Lipinski definition) is 7. The molecule has 0 fully saturated rings. The lowest BCUT2D eigenvalue weighted by atomic mass is 10.2. The van der Waals surface area contributed by atoms with Crippen LogP contribution < -0.4 is 14.2 Å². The van der Waals surface area contributed by atoms with Gasteiger partial charge >= 0.3 is 0 Å². The number of hydrogen-bond donors (Lipinski definition) is 1. The summed E-state index contributed by atoms with van der Waals surface area (Å²) in [6.07, 6.45) is 3.30. The predicted molar refractivity (Wildman–Crippen MR) is 126 cm³/mol. The highest BCUT2D eigenvalue weighted by atomic mass is 32.2. The van der Waals surface area contributed by atoms with Crippen LogP contribution in [-0.4, -0.2) is 53.2 Å². The molecule has 0 amide bonds. The second-order valence-corrected chi connectivity index (χ2v) is 9.05. The molecule has 10 nitrogen and oxygen atoms in total. The third-order valence-corrected chi connectivity index (χ3v) is 6.36. The van der Waals surface area contributed by atoms with Gasteiger partial charge in [0.1, 0.15) is 39.7 Å². The third-order valence-electron chi connectivity index (χ3n) is 5.07. The predicted octanol–water partition coefficient (Wildman–Crippen LogP) is 2.93. The zero-order chi connectivity index (χ0) is 24.2. The number of nitrogens with one attached hydrogen (secondary N) is 1. The Morgan fingerprint density at radius 3 is 2.44 bits per heavy atom. The largest absolute Gasteiger partial charge is 0.494 e. The van der Waals surface area contributed by atoms with Crippen LogP contribution in [0.3, 0.4) is 0 Å². The lowest BCUT2D eigenvalue weighted by Crippen LogP contribution is -2.23. The number of ether oxygens (including phenoxy) is 2. The van der Waals surface area contributed by atoms with E-state index in [2.05, 4.69) is 25.0 Å². The number of para-hydroxylation sites is 1. The standard InChI is InChI=1S/C22H24FN7O3S/c1-14(12-16-9-8-15(23)13-24-16)34(31)28-22-26-25-21(17-10-11-29(2)27-17)30(22)20-18(32-3)6-5-7-19(20)33-4/h5-11,13-14H,12H2,1-4H3,(H,26,28). The number of methoxy groups -OCH3 is 2. The van der Waals surface area contributed by atoms with Crippen LogP contribution in [0, 0.1) is 5.82 Å². The molecule has 4 aromatic rings. The molecule has 34 heavy (non-hydrogen) atoms. The van der Waals surface area contributed by atoms with Gasteiger partial charge < -0.3 is 9.47 Å². The number of rotatable bonds is 9. The van der Waals surface area contributed by atoms with Crippen LogP contribution in [0.1, 0.15) is 12.6 Å². The summed E-state index contributed by atoms with van der Waals surface area (Å²) in [5.74, 6) is 1.23. The molecule has 0 saturated heterocycles. The van der Waals surface area contributed by atoms with Crippen molar-refractivity contribution in [2.75, 3.05) is 18.9 Å². The second-order valence-electron chi connectivity index (χ2n) is 7.45. The van der Waals surface area contributed by atoms with E-state index in [-0.39, 0.29) is 11.2 Å². The fourth-order valence-electron chi connectivity index (χ4n) is 3.40. The smallest absolute Gasteiger partial charge is 0.241 e. The van der Waals surface area contributed by atoms with Crippen molar-refractivity contribution in [1.29, 1.82) is 0 Å². The van der Waals surface area contributed by atoms with Crippen molar-refractivity contribution in [1.82, 2.24) is 29.5 Å². The molecule has 3 heterocycles. The SMILES string of the molecule is COc1cccc(OC)c1-n1c(NS(=O)C(C)Cc2ccc(F)cn2)nnc1-c1ccn(C)n1. The second kappa shape index (κ2) is 10.00. The summed E-state index contributed by atoms with van der Waals surface area (Å²) in [5.41, 5.74) is 1.72. The van der Waals surface area contributed by atoms with E-state index in [4.69, 9.17) is 9.47 Å². The molecule has 1 N–H and O–H groups in total. The van der Waals surface area contributed by atoms with Crippen molar-refractivity contribution in [3.8, 4) is 28.7 Å². The van der Waals surface area contributed by atoms with Crippen molar-refractivity contribution in [3.63, 3.8) is 0 Å².